The number of rotatable bonds is 6. The van der Waals surface area contributed by atoms with Crippen LogP contribution in [0.5, 0.6) is 0 Å². The van der Waals surface area contributed by atoms with Gasteiger partial charge in [0.1, 0.15) is 12.7 Å². The molecule has 3 atom stereocenters. The normalized spacial score (nSPS) is 17.2. The summed E-state index contributed by atoms with van der Waals surface area (Å²) in [6.45, 7) is 0.450. The van der Waals surface area contributed by atoms with Gasteiger partial charge in [-0.1, -0.05) is 6.92 Å². The maximum atomic E-state index is 10.7. The molecule has 14 heavy (non-hydrogen) atoms. The third-order valence-electron chi connectivity index (χ3n) is 1.91. The summed E-state index contributed by atoms with van der Waals surface area (Å²) in [7, 11) is 0. The van der Waals surface area contributed by atoms with Crippen LogP contribution in [-0.2, 0) is 4.79 Å². The molecular formula is C8H17NO5. The lowest BCUT2D eigenvalue weighted by Crippen LogP contribution is -2.51. The van der Waals surface area contributed by atoms with Gasteiger partial charge in [-0.2, -0.15) is 0 Å². The Balaban J connectivity index is 4.18. The van der Waals surface area contributed by atoms with Crippen LogP contribution < -0.4 is 5.32 Å². The van der Waals surface area contributed by atoms with Gasteiger partial charge in [-0.05, 0) is 6.42 Å². The predicted octanol–water partition coefficient (Wildman–Crippen LogP) is -2.41. The molecule has 1 amide bonds. The molecule has 0 rings (SSSR count). The van der Waals surface area contributed by atoms with Crippen LogP contribution in [0.2, 0.25) is 0 Å². The minimum absolute atomic E-state index is 0.312. The van der Waals surface area contributed by atoms with Crippen molar-refractivity contribution in [3.63, 3.8) is 0 Å². The summed E-state index contributed by atoms with van der Waals surface area (Å²) >= 11 is 0. The number of hydrogen-bond donors (Lipinski definition) is 5. The van der Waals surface area contributed by atoms with Gasteiger partial charge < -0.3 is 25.7 Å². The molecule has 0 aliphatic rings. The standard InChI is InChI=1S/C8H17NO5/c1-2-6(12)8(14)5(3-10)9-7(13)4-11/h5-6,8,10-12,14H,2-4H2,1H3,(H,9,13). The lowest BCUT2D eigenvalue weighted by Gasteiger charge is -2.25. The van der Waals surface area contributed by atoms with Crippen LogP contribution in [0.25, 0.3) is 0 Å². The third-order valence-corrected chi connectivity index (χ3v) is 1.91. The summed E-state index contributed by atoms with van der Waals surface area (Å²) in [4.78, 5) is 10.7. The first-order valence-corrected chi connectivity index (χ1v) is 4.44. The number of nitrogens with one attached hydrogen (secondary N) is 1. The van der Waals surface area contributed by atoms with Crippen LogP contribution >= 0.6 is 0 Å². The van der Waals surface area contributed by atoms with Gasteiger partial charge in [-0.25, -0.2) is 0 Å². The van der Waals surface area contributed by atoms with E-state index < -0.39 is 37.4 Å². The van der Waals surface area contributed by atoms with Gasteiger partial charge in [0.25, 0.3) is 0 Å². The van der Waals surface area contributed by atoms with E-state index in [-0.39, 0.29) is 0 Å². The van der Waals surface area contributed by atoms with E-state index in [1.807, 2.05) is 0 Å². The van der Waals surface area contributed by atoms with E-state index in [1.165, 1.54) is 0 Å². The number of carbonyl (C=O) groups excluding carboxylic acids is 1. The van der Waals surface area contributed by atoms with Crippen LogP contribution in [0.4, 0.5) is 0 Å². The Labute approximate surface area is 82.2 Å². The number of amides is 1. The molecule has 0 aromatic heterocycles. The van der Waals surface area contributed by atoms with Crippen molar-refractivity contribution >= 4 is 5.91 Å². The molecule has 5 N–H and O–H groups in total. The summed E-state index contributed by atoms with van der Waals surface area (Å²) in [5, 5.41) is 38.1. The number of carbonyl (C=O) groups is 1. The molecule has 0 fully saturated rings. The lowest BCUT2D eigenvalue weighted by molar-refractivity contribution is -0.126. The minimum Gasteiger partial charge on any atom is -0.394 e. The van der Waals surface area contributed by atoms with E-state index in [4.69, 9.17) is 10.2 Å². The summed E-state index contributed by atoms with van der Waals surface area (Å²) in [5.41, 5.74) is 0. The Bertz CT molecular complexity index is 175. The van der Waals surface area contributed by atoms with Crippen LogP contribution in [0.15, 0.2) is 0 Å². The molecule has 0 bridgehead atoms. The van der Waals surface area contributed by atoms with E-state index in [9.17, 15) is 15.0 Å². The molecule has 0 saturated carbocycles. The summed E-state index contributed by atoms with van der Waals surface area (Å²) in [6, 6.07) is -0.954. The van der Waals surface area contributed by atoms with Crippen molar-refractivity contribution in [1.82, 2.24) is 5.32 Å². The van der Waals surface area contributed by atoms with Crippen LogP contribution in [0.3, 0.4) is 0 Å². The second-order valence-corrected chi connectivity index (χ2v) is 2.98. The quantitative estimate of drug-likeness (QED) is 0.333. The summed E-state index contributed by atoms with van der Waals surface area (Å²) in [5.74, 6) is -0.702. The maximum Gasteiger partial charge on any atom is 0.246 e. The monoisotopic (exact) mass is 207 g/mol. The molecule has 0 radical (unpaired) electrons. The predicted molar refractivity (Wildman–Crippen MR) is 48.4 cm³/mol. The third kappa shape index (κ3) is 4.01. The summed E-state index contributed by atoms with van der Waals surface area (Å²) < 4.78 is 0. The van der Waals surface area contributed by atoms with Gasteiger partial charge in [0.2, 0.25) is 5.91 Å². The highest BCUT2D eigenvalue weighted by Gasteiger charge is 2.25. The average molecular weight is 207 g/mol. The van der Waals surface area contributed by atoms with E-state index >= 15 is 0 Å². The fourth-order valence-corrected chi connectivity index (χ4v) is 1.00. The Morgan fingerprint density at radius 3 is 2.29 bits per heavy atom. The maximum absolute atomic E-state index is 10.7. The highest BCUT2D eigenvalue weighted by Crippen LogP contribution is 2.03. The largest absolute Gasteiger partial charge is 0.394 e. The highest BCUT2D eigenvalue weighted by molar-refractivity contribution is 5.77. The Hall–Kier alpha value is -0.690. The van der Waals surface area contributed by atoms with Gasteiger partial charge in [-0.15, -0.1) is 0 Å². The number of aliphatic hydroxyl groups excluding tert-OH is 4. The van der Waals surface area contributed by atoms with E-state index in [2.05, 4.69) is 5.32 Å². The molecule has 0 aliphatic carbocycles. The Kier molecular flexibility index (Phi) is 6.39. The van der Waals surface area contributed by atoms with E-state index in [0.717, 1.165) is 0 Å². The molecule has 0 aromatic carbocycles. The molecule has 0 heterocycles. The van der Waals surface area contributed by atoms with Crippen molar-refractivity contribution in [1.29, 1.82) is 0 Å². The second kappa shape index (κ2) is 6.72. The lowest BCUT2D eigenvalue weighted by atomic mass is 10.0. The first kappa shape index (κ1) is 13.3. The fraction of sp³-hybridized carbons (Fsp3) is 0.875. The minimum atomic E-state index is -1.24. The summed E-state index contributed by atoms with van der Waals surface area (Å²) in [6.07, 6.45) is -1.93. The number of aliphatic hydroxyl groups is 4. The van der Waals surface area contributed by atoms with Gasteiger partial charge in [0, 0.05) is 0 Å². The molecule has 0 aromatic rings. The van der Waals surface area contributed by atoms with Crippen molar-refractivity contribution in [2.45, 2.75) is 31.6 Å². The van der Waals surface area contributed by atoms with E-state index in [0.29, 0.717) is 6.42 Å². The molecule has 0 aliphatic heterocycles. The molecule has 0 spiro atoms. The smallest absolute Gasteiger partial charge is 0.246 e. The Morgan fingerprint density at radius 2 is 1.93 bits per heavy atom. The molecular weight excluding hydrogens is 190 g/mol. The first-order valence-electron chi connectivity index (χ1n) is 4.44. The van der Waals surface area contributed by atoms with Gasteiger partial charge in [0.15, 0.2) is 0 Å². The molecule has 6 heteroatoms. The van der Waals surface area contributed by atoms with Crippen LogP contribution in [-0.4, -0.2) is 57.8 Å². The van der Waals surface area contributed by atoms with Crippen LogP contribution in [0, 0.1) is 0 Å². The zero-order valence-electron chi connectivity index (χ0n) is 8.05. The first-order chi connectivity index (χ1) is 6.56. The second-order valence-electron chi connectivity index (χ2n) is 2.98. The highest BCUT2D eigenvalue weighted by atomic mass is 16.3. The van der Waals surface area contributed by atoms with Gasteiger partial charge in [-0.3, -0.25) is 4.79 Å². The molecule has 3 unspecified atom stereocenters. The fourth-order valence-electron chi connectivity index (χ4n) is 1.00. The topological polar surface area (TPSA) is 110 Å². The average Bonchev–Trinajstić information content (AvgIpc) is 2.23. The van der Waals surface area contributed by atoms with Crippen molar-refractivity contribution in [3.8, 4) is 0 Å². The molecule has 0 saturated heterocycles. The zero-order chi connectivity index (χ0) is 11.1. The van der Waals surface area contributed by atoms with Gasteiger partial charge >= 0.3 is 0 Å². The van der Waals surface area contributed by atoms with Gasteiger partial charge in [0.05, 0.1) is 18.8 Å². The number of hydrogen-bond acceptors (Lipinski definition) is 5. The Morgan fingerprint density at radius 1 is 1.36 bits per heavy atom. The van der Waals surface area contributed by atoms with Crippen molar-refractivity contribution in [2.24, 2.45) is 0 Å². The zero-order valence-corrected chi connectivity index (χ0v) is 8.05. The van der Waals surface area contributed by atoms with Crippen molar-refractivity contribution < 1.29 is 25.2 Å². The van der Waals surface area contributed by atoms with Crippen molar-refractivity contribution in [2.75, 3.05) is 13.2 Å². The molecule has 84 valence electrons. The van der Waals surface area contributed by atoms with E-state index in [1.54, 1.807) is 6.92 Å². The molecule has 6 nitrogen and oxygen atoms in total. The van der Waals surface area contributed by atoms with Crippen molar-refractivity contribution in [3.05, 3.63) is 0 Å². The SMILES string of the molecule is CCC(O)C(O)C(CO)NC(=O)CO. The van der Waals surface area contributed by atoms with Crippen LogP contribution in [0.1, 0.15) is 13.3 Å².